The van der Waals surface area contributed by atoms with Gasteiger partial charge in [0.15, 0.2) is 4.90 Å². The largest absolute Gasteiger partial charge is 0.587 e. The molecule has 3 rings (SSSR count). The van der Waals surface area contributed by atoms with Gasteiger partial charge in [-0.3, -0.25) is 4.98 Å². The first-order valence-electron chi connectivity index (χ1n) is 6.64. The Labute approximate surface area is 130 Å². The lowest BCUT2D eigenvalue weighted by Gasteiger charge is -2.12. The average Bonchev–Trinajstić information content (AvgIpc) is 2.98. The summed E-state index contributed by atoms with van der Waals surface area (Å²) in [4.78, 5) is 16.6. The van der Waals surface area contributed by atoms with Crippen molar-refractivity contribution in [2.24, 2.45) is 0 Å². The zero-order valence-corrected chi connectivity index (χ0v) is 13.0. The van der Waals surface area contributed by atoms with E-state index in [1.807, 2.05) is 31.2 Å². The van der Waals surface area contributed by atoms with Gasteiger partial charge in [-0.05, 0) is 25.1 Å². The van der Waals surface area contributed by atoms with Crippen LogP contribution in [0.2, 0.25) is 0 Å². The molecule has 1 unspecified atom stereocenters. The molecule has 3 aromatic rings. The van der Waals surface area contributed by atoms with Crippen molar-refractivity contribution >= 4 is 28.2 Å². The van der Waals surface area contributed by atoms with Crippen molar-refractivity contribution in [2.45, 2.75) is 11.8 Å². The molecule has 0 amide bonds. The van der Waals surface area contributed by atoms with E-state index in [4.69, 9.17) is 4.74 Å². The van der Waals surface area contributed by atoms with Gasteiger partial charge in [-0.15, -0.1) is 0 Å². The smallest absolute Gasteiger partial charge is 0.341 e. The SMILES string of the molecule is COC(=O)c1cncc2ccn([S+]([O-])c3ccc(C)cc3)c12. The number of esters is 1. The first-order valence-corrected chi connectivity index (χ1v) is 7.75. The molecular weight excluding hydrogens is 300 g/mol. The predicted octanol–water partition coefficient (Wildman–Crippen LogP) is 2.70. The van der Waals surface area contributed by atoms with Crippen molar-refractivity contribution < 1.29 is 14.1 Å². The molecule has 6 heteroatoms. The molecule has 0 aliphatic rings. The van der Waals surface area contributed by atoms with E-state index in [9.17, 15) is 9.35 Å². The number of pyridine rings is 1. The second-order valence-corrected chi connectivity index (χ2v) is 6.18. The fourth-order valence-corrected chi connectivity index (χ4v) is 3.36. The van der Waals surface area contributed by atoms with Crippen LogP contribution in [0.4, 0.5) is 0 Å². The van der Waals surface area contributed by atoms with E-state index in [0.29, 0.717) is 16.0 Å². The van der Waals surface area contributed by atoms with Crippen molar-refractivity contribution in [3.05, 3.63) is 60.0 Å². The Hall–Kier alpha value is -2.31. The predicted molar refractivity (Wildman–Crippen MR) is 84.1 cm³/mol. The molecule has 2 heterocycles. The number of ether oxygens (including phenoxy) is 1. The number of benzene rings is 1. The maximum Gasteiger partial charge on any atom is 0.341 e. The molecule has 0 spiro atoms. The van der Waals surface area contributed by atoms with Crippen LogP contribution in [-0.2, 0) is 16.1 Å². The van der Waals surface area contributed by atoms with Crippen LogP contribution in [-0.4, -0.2) is 26.6 Å². The lowest BCUT2D eigenvalue weighted by Crippen LogP contribution is -2.14. The third-order valence-corrected chi connectivity index (χ3v) is 4.70. The lowest BCUT2D eigenvalue weighted by molar-refractivity contribution is 0.0602. The average molecular weight is 314 g/mol. The molecule has 0 aliphatic heterocycles. The third-order valence-electron chi connectivity index (χ3n) is 3.36. The molecule has 1 atom stereocenters. The van der Waals surface area contributed by atoms with E-state index in [2.05, 4.69) is 4.98 Å². The molecule has 0 saturated heterocycles. The number of nitrogens with zero attached hydrogens (tertiary/aromatic N) is 2. The molecule has 5 nitrogen and oxygen atoms in total. The summed E-state index contributed by atoms with van der Waals surface area (Å²) in [6.45, 7) is 1.97. The molecule has 22 heavy (non-hydrogen) atoms. The lowest BCUT2D eigenvalue weighted by atomic mass is 10.2. The molecular formula is C16H14N2O3S. The topological polar surface area (TPSA) is 67.2 Å². The Balaban J connectivity index is 2.14. The summed E-state index contributed by atoms with van der Waals surface area (Å²) in [5.74, 6) is -0.501. The van der Waals surface area contributed by atoms with Crippen LogP contribution < -0.4 is 0 Å². The molecule has 2 aromatic heterocycles. The van der Waals surface area contributed by atoms with Crippen LogP contribution in [0.3, 0.4) is 0 Å². The van der Waals surface area contributed by atoms with Crippen molar-refractivity contribution in [2.75, 3.05) is 7.11 Å². The van der Waals surface area contributed by atoms with Gasteiger partial charge >= 0.3 is 5.97 Å². The van der Waals surface area contributed by atoms with Crippen LogP contribution in [0, 0.1) is 6.92 Å². The Kier molecular flexibility index (Phi) is 3.87. The number of methoxy groups -OCH3 is 1. The van der Waals surface area contributed by atoms with Gasteiger partial charge in [0.1, 0.15) is 22.4 Å². The summed E-state index contributed by atoms with van der Waals surface area (Å²) in [6.07, 6.45) is 4.75. The molecule has 1 aromatic carbocycles. The molecule has 0 fully saturated rings. The Morgan fingerprint density at radius 3 is 2.64 bits per heavy atom. The summed E-state index contributed by atoms with van der Waals surface area (Å²) >= 11 is -1.45. The Bertz CT molecular complexity index is 827. The summed E-state index contributed by atoms with van der Waals surface area (Å²) in [5.41, 5.74) is 1.95. The fourth-order valence-electron chi connectivity index (χ4n) is 2.23. The van der Waals surface area contributed by atoms with Crippen molar-refractivity contribution in [3.63, 3.8) is 0 Å². The van der Waals surface area contributed by atoms with E-state index >= 15 is 0 Å². The molecule has 0 N–H and O–H groups in total. The first-order chi connectivity index (χ1) is 10.6. The summed E-state index contributed by atoms with van der Waals surface area (Å²) in [5, 5.41) is 0.739. The van der Waals surface area contributed by atoms with Gasteiger partial charge in [-0.25, -0.2) is 4.79 Å². The van der Waals surface area contributed by atoms with E-state index < -0.39 is 17.3 Å². The highest BCUT2D eigenvalue weighted by Gasteiger charge is 2.22. The van der Waals surface area contributed by atoms with E-state index in [1.54, 1.807) is 22.4 Å². The van der Waals surface area contributed by atoms with Gasteiger partial charge in [0.05, 0.1) is 13.3 Å². The second-order valence-electron chi connectivity index (χ2n) is 4.82. The van der Waals surface area contributed by atoms with Gasteiger partial charge in [-0.2, -0.15) is 3.97 Å². The number of carbonyl (C=O) groups excluding carboxylic acids is 1. The fraction of sp³-hybridized carbons (Fsp3) is 0.125. The highest BCUT2D eigenvalue weighted by atomic mass is 32.2. The molecule has 0 aliphatic carbocycles. The van der Waals surface area contributed by atoms with Crippen molar-refractivity contribution in [1.29, 1.82) is 0 Å². The molecule has 0 saturated carbocycles. The summed E-state index contributed by atoms with van der Waals surface area (Å²) in [6, 6.07) is 9.22. The number of hydrogen-bond acceptors (Lipinski definition) is 4. The van der Waals surface area contributed by atoms with Gasteiger partial charge < -0.3 is 9.29 Å². The van der Waals surface area contributed by atoms with Crippen LogP contribution >= 0.6 is 0 Å². The maximum atomic E-state index is 12.8. The highest BCUT2D eigenvalue weighted by Crippen LogP contribution is 2.25. The molecule has 0 radical (unpaired) electrons. The maximum absolute atomic E-state index is 12.8. The van der Waals surface area contributed by atoms with E-state index in [0.717, 1.165) is 10.9 Å². The Morgan fingerprint density at radius 1 is 1.23 bits per heavy atom. The van der Waals surface area contributed by atoms with Crippen LogP contribution in [0.1, 0.15) is 15.9 Å². The van der Waals surface area contributed by atoms with Gasteiger partial charge in [0, 0.05) is 17.8 Å². The van der Waals surface area contributed by atoms with Crippen LogP contribution in [0.5, 0.6) is 0 Å². The number of fused-ring (bicyclic) bond motifs is 1. The number of hydrogen-bond donors (Lipinski definition) is 0. The first kappa shape index (κ1) is 14.6. The minimum Gasteiger partial charge on any atom is -0.587 e. The Morgan fingerprint density at radius 2 is 1.95 bits per heavy atom. The van der Waals surface area contributed by atoms with Crippen molar-refractivity contribution in [1.82, 2.24) is 8.96 Å². The normalized spacial score (nSPS) is 12.3. The number of aryl methyl sites for hydroxylation is 1. The van der Waals surface area contributed by atoms with Crippen molar-refractivity contribution in [3.8, 4) is 0 Å². The van der Waals surface area contributed by atoms with E-state index in [-0.39, 0.29) is 0 Å². The zero-order valence-electron chi connectivity index (χ0n) is 12.1. The second kappa shape index (κ2) is 5.82. The quantitative estimate of drug-likeness (QED) is 0.550. The highest BCUT2D eigenvalue weighted by molar-refractivity contribution is 7.90. The van der Waals surface area contributed by atoms with E-state index in [1.165, 1.54) is 13.3 Å². The minimum atomic E-state index is -1.45. The number of aromatic nitrogens is 2. The van der Waals surface area contributed by atoms with Crippen LogP contribution in [0.15, 0.2) is 53.8 Å². The third kappa shape index (κ3) is 2.47. The number of carbonyl (C=O) groups is 1. The molecule has 0 bridgehead atoms. The van der Waals surface area contributed by atoms with Gasteiger partial charge in [-0.1, -0.05) is 17.7 Å². The zero-order chi connectivity index (χ0) is 15.7. The monoisotopic (exact) mass is 314 g/mol. The number of rotatable bonds is 3. The summed E-state index contributed by atoms with van der Waals surface area (Å²) in [7, 11) is 1.31. The van der Waals surface area contributed by atoms with Crippen LogP contribution in [0.25, 0.3) is 10.9 Å². The summed E-state index contributed by atoms with van der Waals surface area (Å²) < 4.78 is 19.1. The standard InChI is InChI=1S/C16H14N2O3S/c1-11-3-5-13(6-4-11)22(20)18-8-7-12-9-17-10-14(15(12)18)16(19)21-2/h3-10H,1-2H3. The van der Waals surface area contributed by atoms with Gasteiger partial charge in [0.2, 0.25) is 0 Å². The molecule has 112 valence electrons. The van der Waals surface area contributed by atoms with Gasteiger partial charge in [0.25, 0.3) is 0 Å². The minimum absolute atomic E-state index is 0.297.